The summed E-state index contributed by atoms with van der Waals surface area (Å²) in [5.74, 6) is 0.387. The quantitative estimate of drug-likeness (QED) is 0.743. The summed E-state index contributed by atoms with van der Waals surface area (Å²) in [4.78, 5) is 0.108. The number of ether oxygens (including phenoxy) is 1. The van der Waals surface area contributed by atoms with Gasteiger partial charge in [0.1, 0.15) is 5.75 Å². The summed E-state index contributed by atoms with van der Waals surface area (Å²) in [6.45, 7) is 0. The standard InChI is InChI=1S/C13H15N3O3S/c1-19-13-7-4-10(15)8-12(13)16-20(17,18)11-5-2-9(14)3-6-11/h2-8,16H,14-15H2,1H3. The Bertz CT molecular complexity index is 712. The third-order valence-corrected chi connectivity index (χ3v) is 4.04. The second kappa shape index (κ2) is 5.30. The van der Waals surface area contributed by atoms with Crippen LogP contribution in [0.5, 0.6) is 5.75 Å². The summed E-state index contributed by atoms with van der Waals surface area (Å²) in [5, 5.41) is 0. The number of nitrogens with one attached hydrogen (secondary N) is 1. The molecule has 106 valence electrons. The van der Waals surface area contributed by atoms with Gasteiger partial charge in [0.15, 0.2) is 0 Å². The van der Waals surface area contributed by atoms with E-state index in [9.17, 15) is 8.42 Å². The summed E-state index contributed by atoms with van der Waals surface area (Å²) in [5.41, 5.74) is 12.4. The lowest BCUT2D eigenvalue weighted by atomic mass is 10.2. The minimum absolute atomic E-state index is 0.108. The summed E-state index contributed by atoms with van der Waals surface area (Å²) >= 11 is 0. The van der Waals surface area contributed by atoms with Crippen molar-refractivity contribution in [1.82, 2.24) is 0 Å². The smallest absolute Gasteiger partial charge is 0.262 e. The maximum atomic E-state index is 12.2. The molecular weight excluding hydrogens is 278 g/mol. The fourth-order valence-corrected chi connectivity index (χ4v) is 2.72. The van der Waals surface area contributed by atoms with Gasteiger partial charge in [0.2, 0.25) is 0 Å². The van der Waals surface area contributed by atoms with Crippen molar-refractivity contribution in [2.24, 2.45) is 0 Å². The van der Waals surface area contributed by atoms with Gasteiger partial charge in [-0.05, 0) is 42.5 Å². The molecule has 7 heteroatoms. The van der Waals surface area contributed by atoms with E-state index in [4.69, 9.17) is 16.2 Å². The largest absolute Gasteiger partial charge is 0.495 e. The normalized spacial score (nSPS) is 11.1. The van der Waals surface area contributed by atoms with Gasteiger partial charge in [0, 0.05) is 11.4 Å². The molecule has 5 N–H and O–H groups in total. The van der Waals surface area contributed by atoms with Crippen LogP contribution in [-0.4, -0.2) is 15.5 Å². The molecule has 0 amide bonds. The van der Waals surface area contributed by atoms with Crippen molar-refractivity contribution in [3.05, 3.63) is 42.5 Å². The summed E-state index contributed by atoms with van der Waals surface area (Å²) in [6, 6.07) is 10.6. The number of sulfonamides is 1. The van der Waals surface area contributed by atoms with Crippen LogP contribution in [0.2, 0.25) is 0 Å². The van der Waals surface area contributed by atoms with Gasteiger partial charge >= 0.3 is 0 Å². The second-order valence-electron chi connectivity index (χ2n) is 4.13. The van der Waals surface area contributed by atoms with Gasteiger partial charge in [0.25, 0.3) is 10.0 Å². The highest BCUT2D eigenvalue weighted by atomic mass is 32.2. The lowest BCUT2D eigenvalue weighted by molar-refractivity contribution is 0.417. The molecule has 0 radical (unpaired) electrons. The van der Waals surface area contributed by atoms with Crippen molar-refractivity contribution in [2.75, 3.05) is 23.3 Å². The molecule has 0 bridgehead atoms. The van der Waals surface area contributed by atoms with E-state index in [1.807, 2.05) is 0 Å². The number of anilines is 3. The molecular formula is C13H15N3O3S. The van der Waals surface area contributed by atoms with E-state index in [0.717, 1.165) is 0 Å². The number of hydrogen-bond acceptors (Lipinski definition) is 5. The SMILES string of the molecule is COc1ccc(N)cc1NS(=O)(=O)c1ccc(N)cc1. The number of nitrogens with two attached hydrogens (primary N) is 2. The van der Waals surface area contributed by atoms with E-state index in [1.54, 1.807) is 12.1 Å². The lowest BCUT2D eigenvalue weighted by Crippen LogP contribution is -2.13. The molecule has 0 aliphatic heterocycles. The maximum absolute atomic E-state index is 12.2. The van der Waals surface area contributed by atoms with Crippen molar-refractivity contribution in [3.63, 3.8) is 0 Å². The van der Waals surface area contributed by atoms with Crippen molar-refractivity contribution in [2.45, 2.75) is 4.90 Å². The molecule has 0 fully saturated rings. The first kappa shape index (κ1) is 14.0. The summed E-state index contributed by atoms with van der Waals surface area (Å²) in [6.07, 6.45) is 0. The van der Waals surface area contributed by atoms with E-state index in [2.05, 4.69) is 4.72 Å². The van der Waals surface area contributed by atoms with Crippen LogP contribution in [0, 0.1) is 0 Å². The zero-order valence-corrected chi connectivity index (χ0v) is 11.6. The zero-order chi connectivity index (χ0) is 14.8. The van der Waals surface area contributed by atoms with Crippen LogP contribution in [0.15, 0.2) is 47.4 Å². The highest BCUT2D eigenvalue weighted by molar-refractivity contribution is 7.92. The highest BCUT2D eigenvalue weighted by Gasteiger charge is 2.16. The maximum Gasteiger partial charge on any atom is 0.262 e. The molecule has 0 aliphatic rings. The predicted octanol–water partition coefficient (Wildman–Crippen LogP) is 1.66. The summed E-state index contributed by atoms with van der Waals surface area (Å²) in [7, 11) is -2.27. The monoisotopic (exact) mass is 293 g/mol. The number of hydrogen-bond donors (Lipinski definition) is 3. The molecule has 0 atom stereocenters. The van der Waals surface area contributed by atoms with Gasteiger partial charge in [0.05, 0.1) is 17.7 Å². The third kappa shape index (κ3) is 2.94. The second-order valence-corrected chi connectivity index (χ2v) is 5.82. The van der Waals surface area contributed by atoms with Gasteiger partial charge < -0.3 is 16.2 Å². The molecule has 0 saturated carbocycles. The predicted molar refractivity (Wildman–Crippen MR) is 79.1 cm³/mol. The van der Waals surface area contributed by atoms with E-state index in [-0.39, 0.29) is 10.6 Å². The number of methoxy groups -OCH3 is 1. The first-order valence-electron chi connectivity index (χ1n) is 5.74. The van der Waals surface area contributed by atoms with Crippen molar-refractivity contribution in [3.8, 4) is 5.75 Å². The van der Waals surface area contributed by atoms with Crippen LogP contribution >= 0.6 is 0 Å². The van der Waals surface area contributed by atoms with E-state index in [1.165, 1.54) is 37.4 Å². The topological polar surface area (TPSA) is 107 Å². The van der Waals surface area contributed by atoms with Crippen LogP contribution in [0.4, 0.5) is 17.1 Å². The Balaban J connectivity index is 2.37. The molecule has 0 aromatic heterocycles. The van der Waals surface area contributed by atoms with Gasteiger partial charge in [-0.3, -0.25) is 4.72 Å². The Labute approximate surface area is 117 Å². The van der Waals surface area contributed by atoms with Gasteiger partial charge in [-0.2, -0.15) is 0 Å². The van der Waals surface area contributed by atoms with Crippen molar-refractivity contribution in [1.29, 1.82) is 0 Å². The number of rotatable bonds is 4. The Morgan fingerprint density at radius 2 is 1.60 bits per heavy atom. The average Bonchev–Trinajstić information content (AvgIpc) is 2.39. The molecule has 0 saturated heterocycles. The fraction of sp³-hybridized carbons (Fsp3) is 0.0769. The van der Waals surface area contributed by atoms with E-state index >= 15 is 0 Å². The third-order valence-electron chi connectivity index (χ3n) is 2.66. The Morgan fingerprint density at radius 1 is 1.00 bits per heavy atom. The fourth-order valence-electron chi connectivity index (χ4n) is 1.66. The molecule has 6 nitrogen and oxygen atoms in total. The van der Waals surface area contributed by atoms with Crippen LogP contribution in [0.25, 0.3) is 0 Å². The lowest BCUT2D eigenvalue weighted by Gasteiger charge is -2.12. The molecule has 2 aromatic rings. The van der Waals surface area contributed by atoms with Crippen molar-refractivity contribution < 1.29 is 13.2 Å². The molecule has 0 spiro atoms. The zero-order valence-electron chi connectivity index (χ0n) is 10.8. The minimum atomic E-state index is -3.72. The Hall–Kier alpha value is -2.41. The minimum Gasteiger partial charge on any atom is -0.495 e. The van der Waals surface area contributed by atoms with Crippen LogP contribution in [-0.2, 0) is 10.0 Å². The highest BCUT2D eigenvalue weighted by Crippen LogP contribution is 2.28. The van der Waals surface area contributed by atoms with Gasteiger partial charge in [-0.15, -0.1) is 0 Å². The number of nitrogen functional groups attached to an aromatic ring is 2. The Morgan fingerprint density at radius 3 is 2.20 bits per heavy atom. The van der Waals surface area contributed by atoms with E-state index in [0.29, 0.717) is 17.1 Å². The first-order chi connectivity index (χ1) is 9.42. The van der Waals surface area contributed by atoms with E-state index < -0.39 is 10.0 Å². The Kier molecular flexibility index (Phi) is 3.71. The van der Waals surface area contributed by atoms with Gasteiger partial charge in [-0.25, -0.2) is 8.42 Å². The molecule has 0 heterocycles. The molecule has 2 rings (SSSR count). The van der Waals surface area contributed by atoms with Gasteiger partial charge in [-0.1, -0.05) is 0 Å². The number of benzene rings is 2. The molecule has 2 aromatic carbocycles. The van der Waals surface area contributed by atoms with Crippen molar-refractivity contribution >= 4 is 27.1 Å². The summed E-state index contributed by atoms with van der Waals surface area (Å²) < 4.78 is 32.0. The average molecular weight is 293 g/mol. The first-order valence-corrected chi connectivity index (χ1v) is 7.22. The van der Waals surface area contributed by atoms with Crippen LogP contribution in [0.1, 0.15) is 0 Å². The molecule has 0 unspecified atom stereocenters. The molecule has 0 aliphatic carbocycles. The molecule has 20 heavy (non-hydrogen) atoms. The van der Waals surface area contributed by atoms with Crippen LogP contribution in [0.3, 0.4) is 0 Å². The van der Waals surface area contributed by atoms with Crippen LogP contribution < -0.4 is 20.9 Å².